The minimum absolute atomic E-state index is 0.0370. The second kappa shape index (κ2) is 7.78. The highest BCUT2D eigenvalue weighted by Crippen LogP contribution is 2.08. The fraction of sp³-hybridized carbons (Fsp3) is 0.308. The van der Waals surface area contributed by atoms with Crippen molar-refractivity contribution in [3.05, 3.63) is 29.8 Å². The summed E-state index contributed by atoms with van der Waals surface area (Å²) in [7, 11) is 0. The zero-order chi connectivity index (χ0) is 15.0. The van der Waals surface area contributed by atoms with Crippen molar-refractivity contribution in [3.63, 3.8) is 0 Å². The number of rotatable bonds is 6. The van der Waals surface area contributed by atoms with Gasteiger partial charge in [-0.3, -0.25) is 9.59 Å². The van der Waals surface area contributed by atoms with Crippen molar-refractivity contribution in [2.45, 2.75) is 13.3 Å². The number of urea groups is 1. The number of nitrogens with one attached hydrogen (secondary N) is 3. The molecule has 0 atom stereocenters. The molecular weight excluding hydrogens is 262 g/mol. The Morgan fingerprint density at radius 2 is 1.95 bits per heavy atom. The van der Waals surface area contributed by atoms with Crippen LogP contribution in [-0.2, 0) is 9.59 Å². The summed E-state index contributed by atoms with van der Waals surface area (Å²) in [5, 5.41) is 15.7. The molecule has 0 aliphatic carbocycles. The maximum atomic E-state index is 11.5. The Bertz CT molecular complexity index is 502. The van der Waals surface area contributed by atoms with Gasteiger partial charge in [0.05, 0.1) is 13.0 Å². The topological polar surface area (TPSA) is 108 Å². The molecule has 108 valence electrons. The lowest BCUT2D eigenvalue weighted by Crippen LogP contribution is -2.39. The molecule has 0 bridgehead atoms. The van der Waals surface area contributed by atoms with Gasteiger partial charge in [0.15, 0.2) is 0 Å². The van der Waals surface area contributed by atoms with Crippen LogP contribution in [0, 0.1) is 6.92 Å². The van der Waals surface area contributed by atoms with Crippen LogP contribution in [0.25, 0.3) is 0 Å². The van der Waals surface area contributed by atoms with E-state index in [2.05, 4.69) is 16.0 Å². The van der Waals surface area contributed by atoms with Crippen molar-refractivity contribution in [2.75, 3.05) is 18.4 Å². The number of hydrogen-bond acceptors (Lipinski definition) is 3. The third kappa shape index (κ3) is 6.39. The number of benzene rings is 1. The maximum absolute atomic E-state index is 11.5. The SMILES string of the molecule is Cc1cccc(NC(=O)NCC(=O)NCCC(=O)O)c1. The van der Waals surface area contributed by atoms with Gasteiger partial charge in [0.25, 0.3) is 0 Å². The van der Waals surface area contributed by atoms with Gasteiger partial charge in [0.2, 0.25) is 5.91 Å². The first-order valence-electron chi connectivity index (χ1n) is 6.07. The molecule has 7 nitrogen and oxygen atoms in total. The first kappa shape index (κ1) is 15.5. The first-order chi connectivity index (χ1) is 9.47. The molecule has 0 fully saturated rings. The number of carbonyl (C=O) groups excluding carboxylic acids is 2. The van der Waals surface area contributed by atoms with Crippen LogP contribution < -0.4 is 16.0 Å². The van der Waals surface area contributed by atoms with Gasteiger partial charge >= 0.3 is 12.0 Å². The third-order valence-electron chi connectivity index (χ3n) is 2.35. The third-order valence-corrected chi connectivity index (χ3v) is 2.35. The fourth-order valence-corrected chi connectivity index (χ4v) is 1.43. The van der Waals surface area contributed by atoms with E-state index in [-0.39, 0.29) is 19.5 Å². The average Bonchev–Trinajstić information content (AvgIpc) is 2.36. The molecule has 0 aliphatic rings. The van der Waals surface area contributed by atoms with Gasteiger partial charge in [-0.25, -0.2) is 4.79 Å². The summed E-state index contributed by atoms with van der Waals surface area (Å²) >= 11 is 0. The Balaban J connectivity index is 2.26. The molecule has 0 spiro atoms. The molecule has 0 radical (unpaired) electrons. The number of anilines is 1. The molecule has 0 aromatic heterocycles. The number of aryl methyl sites for hydroxylation is 1. The van der Waals surface area contributed by atoms with Crippen LogP contribution in [0.5, 0.6) is 0 Å². The summed E-state index contributed by atoms with van der Waals surface area (Å²) < 4.78 is 0. The maximum Gasteiger partial charge on any atom is 0.319 e. The monoisotopic (exact) mass is 279 g/mol. The molecule has 0 saturated carbocycles. The highest BCUT2D eigenvalue weighted by molar-refractivity contribution is 5.92. The Morgan fingerprint density at radius 3 is 2.60 bits per heavy atom. The van der Waals surface area contributed by atoms with Crippen molar-refractivity contribution in [1.82, 2.24) is 10.6 Å². The van der Waals surface area contributed by atoms with E-state index >= 15 is 0 Å². The lowest BCUT2D eigenvalue weighted by atomic mass is 10.2. The summed E-state index contributed by atoms with van der Waals surface area (Å²) in [4.78, 5) is 33.0. The van der Waals surface area contributed by atoms with E-state index in [1.165, 1.54) is 0 Å². The number of carboxylic acid groups (broad SMARTS) is 1. The Kier molecular flexibility index (Phi) is 6.02. The molecule has 0 unspecified atom stereocenters. The van der Waals surface area contributed by atoms with Crippen molar-refractivity contribution in [2.24, 2.45) is 0 Å². The van der Waals surface area contributed by atoms with Crippen LogP contribution in [-0.4, -0.2) is 36.1 Å². The zero-order valence-electron chi connectivity index (χ0n) is 11.1. The molecule has 0 aliphatic heterocycles. The van der Waals surface area contributed by atoms with E-state index in [9.17, 15) is 14.4 Å². The summed E-state index contributed by atoms with van der Waals surface area (Å²) in [6.07, 6.45) is -0.152. The lowest BCUT2D eigenvalue weighted by Gasteiger charge is -2.08. The largest absolute Gasteiger partial charge is 0.481 e. The van der Waals surface area contributed by atoms with Gasteiger partial charge in [-0.1, -0.05) is 12.1 Å². The smallest absolute Gasteiger partial charge is 0.319 e. The summed E-state index contributed by atoms with van der Waals surface area (Å²) in [6.45, 7) is 1.73. The molecule has 0 saturated heterocycles. The normalized spacial score (nSPS) is 9.65. The summed E-state index contributed by atoms with van der Waals surface area (Å²) in [6, 6.07) is 6.75. The Hall–Kier alpha value is -2.57. The second-order valence-electron chi connectivity index (χ2n) is 4.17. The van der Waals surface area contributed by atoms with Crippen LogP contribution in [0.4, 0.5) is 10.5 Å². The van der Waals surface area contributed by atoms with E-state index in [4.69, 9.17) is 5.11 Å². The molecule has 1 aromatic rings. The van der Waals surface area contributed by atoms with Crippen LogP contribution in [0.1, 0.15) is 12.0 Å². The predicted octanol–water partition coefficient (Wildman–Crippen LogP) is 0.707. The standard InChI is InChI=1S/C13H17N3O4/c1-9-3-2-4-10(7-9)16-13(20)15-8-11(17)14-6-5-12(18)19/h2-4,7H,5-6,8H2,1H3,(H,14,17)(H,18,19)(H2,15,16,20). The van der Waals surface area contributed by atoms with Crippen LogP contribution in [0.2, 0.25) is 0 Å². The Morgan fingerprint density at radius 1 is 1.20 bits per heavy atom. The van der Waals surface area contributed by atoms with Crippen molar-refractivity contribution in [3.8, 4) is 0 Å². The van der Waals surface area contributed by atoms with Crippen molar-refractivity contribution in [1.29, 1.82) is 0 Å². The minimum Gasteiger partial charge on any atom is -0.481 e. The highest BCUT2D eigenvalue weighted by Gasteiger charge is 2.06. The number of aliphatic carboxylic acids is 1. The van der Waals surface area contributed by atoms with E-state index in [1.807, 2.05) is 19.1 Å². The fourth-order valence-electron chi connectivity index (χ4n) is 1.43. The molecule has 7 heteroatoms. The molecule has 4 N–H and O–H groups in total. The molecule has 1 aromatic carbocycles. The van der Waals surface area contributed by atoms with Gasteiger partial charge in [-0.05, 0) is 24.6 Å². The van der Waals surface area contributed by atoms with Gasteiger partial charge in [0, 0.05) is 12.2 Å². The molecule has 20 heavy (non-hydrogen) atoms. The van der Waals surface area contributed by atoms with Crippen LogP contribution >= 0.6 is 0 Å². The van der Waals surface area contributed by atoms with Gasteiger partial charge in [-0.15, -0.1) is 0 Å². The predicted molar refractivity (Wildman–Crippen MR) is 73.5 cm³/mol. The summed E-state index contributed by atoms with van der Waals surface area (Å²) in [5.74, 6) is -1.43. The second-order valence-corrected chi connectivity index (χ2v) is 4.17. The average molecular weight is 279 g/mol. The van der Waals surface area contributed by atoms with E-state index < -0.39 is 17.9 Å². The quantitative estimate of drug-likeness (QED) is 0.615. The first-order valence-corrected chi connectivity index (χ1v) is 6.07. The van der Waals surface area contributed by atoms with Crippen LogP contribution in [0.15, 0.2) is 24.3 Å². The highest BCUT2D eigenvalue weighted by atomic mass is 16.4. The zero-order valence-corrected chi connectivity index (χ0v) is 11.1. The van der Waals surface area contributed by atoms with Crippen molar-refractivity contribution < 1.29 is 19.5 Å². The number of hydrogen-bond donors (Lipinski definition) is 4. The van der Waals surface area contributed by atoms with E-state index in [0.717, 1.165) is 5.56 Å². The molecule has 1 rings (SSSR count). The van der Waals surface area contributed by atoms with E-state index in [0.29, 0.717) is 5.69 Å². The van der Waals surface area contributed by atoms with Gasteiger partial charge < -0.3 is 21.1 Å². The Labute approximate surface area is 116 Å². The van der Waals surface area contributed by atoms with Gasteiger partial charge in [-0.2, -0.15) is 0 Å². The van der Waals surface area contributed by atoms with E-state index in [1.54, 1.807) is 12.1 Å². The number of carbonyl (C=O) groups is 3. The minimum atomic E-state index is -0.990. The lowest BCUT2D eigenvalue weighted by molar-refractivity contribution is -0.136. The summed E-state index contributed by atoms with van der Waals surface area (Å²) in [5.41, 5.74) is 1.64. The van der Waals surface area contributed by atoms with Crippen LogP contribution in [0.3, 0.4) is 0 Å². The number of amides is 3. The van der Waals surface area contributed by atoms with Crippen molar-refractivity contribution >= 4 is 23.6 Å². The molecular formula is C13H17N3O4. The number of carboxylic acids is 1. The molecule has 3 amide bonds. The van der Waals surface area contributed by atoms with Gasteiger partial charge in [0.1, 0.15) is 0 Å². The molecule has 0 heterocycles.